The topological polar surface area (TPSA) is 78.1 Å². The van der Waals surface area contributed by atoms with Gasteiger partial charge in [-0.05, 0) is 45.0 Å². The molecule has 0 aromatic carbocycles. The molecule has 0 saturated carbocycles. The van der Waals surface area contributed by atoms with Gasteiger partial charge in [-0.25, -0.2) is 4.98 Å². The van der Waals surface area contributed by atoms with Crippen LogP contribution in [0.25, 0.3) is 0 Å². The summed E-state index contributed by atoms with van der Waals surface area (Å²) in [4.78, 5) is 34.6. The minimum absolute atomic E-state index is 0.0433. The van der Waals surface area contributed by atoms with Crippen molar-refractivity contribution < 1.29 is 9.59 Å². The lowest BCUT2D eigenvalue weighted by Crippen LogP contribution is -2.23. The number of H-pyrrole nitrogens is 1. The van der Waals surface area contributed by atoms with Gasteiger partial charge in [0.1, 0.15) is 5.82 Å². The number of carbonyl (C=O) groups is 2. The summed E-state index contributed by atoms with van der Waals surface area (Å²) in [5.41, 5.74) is 1.82. The second-order valence-corrected chi connectivity index (χ2v) is 6.52. The number of carbonyl (C=O) groups excluding carboxylic acids is 2. The Bertz CT molecular complexity index is 737. The summed E-state index contributed by atoms with van der Waals surface area (Å²) in [7, 11) is 4.03. The lowest BCUT2D eigenvalue weighted by Gasteiger charge is -2.18. The van der Waals surface area contributed by atoms with E-state index in [-0.39, 0.29) is 11.7 Å². The SMILES string of the molecule is CN(C)CC1CCc2[nH]cc(C(=O)Nc3ccccn3)c2C(=O)C1. The Morgan fingerprint density at radius 2 is 2.25 bits per heavy atom. The van der Waals surface area contributed by atoms with Crippen LogP contribution in [0.2, 0.25) is 0 Å². The Hall–Kier alpha value is -2.47. The average molecular weight is 326 g/mol. The van der Waals surface area contributed by atoms with Crippen LogP contribution < -0.4 is 5.32 Å². The number of aromatic nitrogens is 2. The second kappa shape index (κ2) is 6.97. The Morgan fingerprint density at radius 1 is 1.42 bits per heavy atom. The zero-order chi connectivity index (χ0) is 17.1. The molecule has 6 nitrogen and oxygen atoms in total. The molecule has 1 atom stereocenters. The molecule has 1 amide bonds. The number of anilines is 1. The number of nitrogens with one attached hydrogen (secondary N) is 2. The van der Waals surface area contributed by atoms with Gasteiger partial charge in [-0.3, -0.25) is 9.59 Å². The number of amides is 1. The van der Waals surface area contributed by atoms with Gasteiger partial charge >= 0.3 is 0 Å². The van der Waals surface area contributed by atoms with Crippen molar-refractivity contribution in [3.63, 3.8) is 0 Å². The predicted molar refractivity (Wildman–Crippen MR) is 92.3 cm³/mol. The lowest BCUT2D eigenvalue weighted by atomic mass is 9.97. The summed E-state index contributed by atoms with van der Waals surface area (Å²) in [6.45, 7) is 0.880. The van der Waals surface area contributed by atoms with Gasteiger partial charge in [-0.15, -0.1) is 0 Å². The summed E-state index contributed by atoms with van der Waals surface area (Å²) < 4.78 is 0. The van der Waals surface area contributed by atoms with Crippen molar-refractivity contribution in [2.24, 2.45) is 5.92 Å². The molecule has 3 rings (SSSR count). The van der Waals surface area contributed by atoms with Gasteiger partial charge in [0.2, 0.25) is 0 Å². The highest BCUT2D eigenvalue weighted by atomic mass is 16.2. The molecular weight excluding hydrogens is 304 g/mol. The van der Waals surface area contributed by atoms with Crippen LogP contribution in [0.3, 0.4) is 0 Å². The predicted octanol–water partition coefficient (Wildman–Crippen LogP) is 2.36. The third-order valence-corrected chi connectivity index (χ3v) is 4.29. The average Bonchev–Trinajstić information content (AvgIpc) is 2.91. The van der Waals surface area contributed by atoms with Crippen LogP contribution in [0, 0.1) is 5.92 Å². The van der Waals surface area contributed by atoms with E-state index < -0.39 is 0 Å². The van der Waals surface area contributed by atoms with E-state index in [4.69, 9.17) is 0 Å². The van der Waals surface area contributed by atoms with E-state index in [1.807, 2.05) is 14.1 Å². The zero-order valence-corrected chi connectivity index (χ0v) is 14.0. The first-order valence-electron chi connectivity index (χ1n) is 8.15. The molecule has 126 valence electrons. The Morgan fingerprint density at radius 3 is 2.96 bits per heavy atom. The lowest BCUT2D eigenvalue weighted by molar-refractivity contribution is 0.0943. The first-order valence-corrected chi connectivity index (χ1v) is 8.15. The number of aromatic amines is 1. The molecule has 6 heteroatoms. The highest BCUT2D eigenvalue weighted by Gasteiger charge is 2.28. The standard InChI is InChI=1S/C18H22N4O2/c1-22(2)11-12-6-7-14-17(15(23)9-12)13(10-20-14)18(24)21-16-5-3-4-8-19-16/h3-5,8,10,12,20H,6-7,9,11H2,1-2H3,(H,19,21,24). The normalized spacial score (nSPS) is 17.5. The molecule has 0 bridgehead atoms. The number of ketones is 1. The van der Waals surface area contributed by atoms with Gasteiger partial charge in [0, 0.05) is 31.1 Å². The molecule has 0 aliphatic heterocycles. The van der Waals surface area contributed by atoms with Crippen LogP contribution in [0.15, 0.2) is 30.6 Å². The molecule has 0 radical (unpaired) electrons. The van der Waals surface area contributed by atoms with Crippen LogP contribution in [-0.4, -0.2) is 47.2 Å². The molecule has 1 unspecified atom stereocenters. The number of hydrogen-bond acceptors (Lipinski definition) is 4. The molecule has 2 heterocycles. The van der Waals surface area contributed by atoms with Crippen molar-refractivity contribution in [3.8, 4) is 0 Å². The van der Waals surface area contributed by atoms with E-state index in [0.717, 1.165) is 25.1 Å². The van der Waals surface area contributed by atoms with E-state index >= 15 is 0 Å². The van der Waals surface area contributed by atoms with E-state index in [1.54, 1.807) is 30.6 Å². The summed E-state index contributed by atoms with van der Waals surface area (Å²) in [6, 6.07) is 5.31. The van der Waals surface area contributed by atoms with E-state index in [0.29, 0.717) is 29.3 Å². The number of rotatable bonds is 4. The van der Waals surface area contributed by atoms with Crippen LogP contribution >= 0.6 is 0 Å². The fourth-order valence-corrected chi connectivity index (χ4v) is 3.27. The van der Waals surface area contributed by atoms with E-state index in [2.05, 4.69) is 20.2 Å². The van der Waals surface area contributed by atoms with Crippen molar-refractivity contribution in [2.45, 2.75) is 19.3 Å². The number of hydrogen-bond donors (Lipinski definition) is 2. The van der Waals surface area contributed by atoms with Crippen molar-refractivity contribution in [1.82, 2.24) is 14.9 Å². The first-order chi connectivity index (χ1) is 11.5. The summed E-state index contributed by atoms with van der Waals surface area (Å²) in [5.74, 6) is 0.538. The molecule has 1 aliphatic carbocycles. The minimum Gasteiger partial charge on any atom is -0.364 e. The maximum absolute atomic E-state index is 12.7. The molecule has 24 heavy (non-hydrogen) atoms. The smallest absolute Gasteiger partial charge is 0.259 e. The number of pyridine rings is 1. The van der Waals surface area contributed by atoms with Gasteiger partial charge in [0.25, 0.3) is 5.91 Å². The number of fused-ring (bicyclic) bond motifs is 1. The van der Waals surface area contributed by atoms with Crippen molar-refractivity contribution in [1.29, 1.82) is 0 Å². The maximum Gasteiger partial charge on any atom is 0.259 e. The number of nitrogens with zero attached hydrogens (tertiary/aromatic N) is 2. The molecular formula is C18H22N4O2. The Balaban J connectivity index is 1.80. The Kier molecular flexibility index (Phi) is 4.76. The van der Waals surface area contributed by atoms with Gasteiger partial charge in [-0.2, -0.15) is 0 Å². The third kappa shape index (κ3) is 3.54. The van der Waals surface area contributed by atoms with Gasteiger partial charge in [-0.1, -0.05) is 6.07 Å². The molecule has 0 spiro atoms. The van der Waals surface area contributed by atoms with Gasteiger partial charge < -0.3 is 15.2 Å². The first kappa shape index (κ1) is 16.4. The van der Waals surface area contributed by atoms with Crippen LogP contribution in [-0.2, 0) is 6.42 Å². The highest BCUT2D eigenvalue weighted by molar-refractivity contribution is 6.13. The highest BCUT2D eigenvalue weighted by Crippen LogP contribution is 2.27. The van der Waals surface area contributed by atoms with E-state index in [1.165, 1.54) is 0 Å². The summed E-state index contributed by atoms with van der Waals surface area (Å²) >= 11 is 0. The summed E-state index contributed by atoms with van der Waals surface area (Å²) in [5, 5.41) is 2.75. The number of aryl methyl sites for hydroxylation is 1. The van der Waals surface area contributed by atoms with Crippen LogP contribution in [0.4, 0.5) is 5.82 Å². The fourth-order valence-electron chi connectivity index (χ4n) is 3.27. The molecule has 2 N–H and O–H groups in total. The third-order valence-electron chi connectivity index (χ3n) is 4.29. The maximum atomic E-state index is 12.7. The second-order valence-electron chi connectivity index (χ2n) is 6.52. The van der Waals surface area contributed by atoms with Crippen LogP contribution in [0.5, 0.6) is 0 Å². The fraction of sp³-hybridized carbons (Fsp3) is 0.389. The van der Waals surface area contributed by atoms with Crippen molar-refractivity contribution in [3.05, 3.63) is 47.4 Å². The van der Waals surface area contributed by atoms with Crippen LogP contribution in [0.1, 0.15) is 39.3 Å². The summed E-state index contributed by atoms with van der Waals surface area (Å²) in [6.07, 6.45) is 5.46. The quantitative estimate of drug-likeness (QED) is 0.846. The minimum atomic E-state index is -0.300. The Labute approximate surface area is 141 Å². The molecule has 2 aromatic heterocycles. The van der Waals surface area contributed by atoms with Gasteiger partial charge in [0.15, 0.2) is 5.78 Å². The molecule has 2 aromatic rings. The van der Waals surface area contributed by atoms with Crippen molar-refractivity contribution >= 4 is 17.5 Å². The number of Topliss-reactive ketones (excluding diaryl/α,β-unsaturated/α-hetero) is 1. The van der Waals surface area contributed by atoms with E-state index in [9.17, 15) is 9.59 Å². The monoisotopic (exact) mass is 326 g/mol. The zero-order valence-electron chi connectivity index (χ0n) is 14.0. The van der Waals surface area contributed by atoms with Crippen molar-refractivity contribution in [2.75, 3.05) is 26.0 Å². The molecule has 1 aliphatic rings. The largest absolute Gasteiger partial charge is 0.364 e. The molecule has 0 saturated heterocycles. The van der Waals surface area contributed by atoms with Gasteiger partial charge in [0.05, 0.1) is 11.1 Å². The molecule has 0 fully saturated rings.